The van der Waals surface area contributed by atoms with Crippen LogP contribution in [-0.2, 0) is 4.57 Å². The molecular formula is C2H6FO3P. The third-order valence-electron chi connectivity index (χ3n) is 0.463. The number of alkyl halides is 1. The molecule has 0 fully saturated rings. The van der Waals surface area contributed by atoms with Gasteiger partial charge in [0.15, 0.2) is 5.91 Å². The molecule has 0 radical (unpaired) electrons. The topological polar surface area (TPSA) is 57.5 Å². The van der Waals surface area contributed by atoms with Gasteiger partial charge in [-0.3, -0.25) is 4.57 Å². The maximum absolute atomic E-state index is 11.4. The van der Waals surface area contributed by atoms with Crippen LogP contribution in [0.25, 0.3) is 0 Å². The van der Waals surface area contributed by atoms with Crippen LogP contribution < -0.4 is 0 Å². The van der Waals surface area contributed by atoms with Gasteiger partial charge in [-0.15, -0.1) is 0 Å². The summed E-state index contributed by atoms with van der Waals surface area (Å²) in [5.74, 6) is -2.03. The van der Waals surface area contributed by atoms with Crippen molar-refractivity contribution in [1.29, 1.82) is 0 Å². The van der Waals surface area contributed by atoms with E-state index < -0.39 is 13.5 Å². The van der Waals surface area contributed by atoms with Crippen molar-refractivity contribution in [2.75, 3.05) is 0 Å². The van der Waals surface area contributed by atoms with E-state index in [0.717, 1.165) is 6.92 Å². The lowest BCUT2D eigenvalue weighted by Gasteiger charge is -2.00. The summed E-state index contributed by atoms with van der Waals surface area (Å²) in [6.45, 7) is 0.820. The molecule has 0 bridgehead atoms. The minimum Gasteiger partial charge on any atom is -0.322 e. The van der Waals surface area contributed by atoms with Gasteiger partial charge in [0, 0.05) is 0 Å². The second kappa shape index (κ2) is 1.90. The normalized spacial score (nSPS) is 16.6. The van der Waals surface area contributed by atoms with Crippen LogP contribution in [0.5, 0.6) is 0 Å². The zero-order valence-corrected chi connectivity index (χ0v) is 4.60. The molecule has 3 nitrogen and oxygen atoms in total. The van der Waals surface area contributed by atoms with Gasteiger partial charge in [-0.2, -0.15) is 0 Å². The van der Waals surface area contributed by atoms with Crippen molar-refractivity contribution in [3.8, 4) is 0 Å². The van der Waals surface area contributed by atoms with E-state index in [1.165, 1.54) is 0 Å². The summed E-state index contributed by atoms with van der Waals surface area (Å²) in [6.07, 6.45) is 0. The predicted octanol–water partition coefficient (Wildman–Crippen LogP) is 0.480. The Kier molecular flexibility index (Phi) is 1.92. The van der Waals surface area contributed by atoms with E-state index in [0.29, 0.717) is 0 Å². The Balaban J connectivity index is 3.80. The van der Waals surface area contributed by atoms with Gasteiger partial charge in [0.05, 0.1) is 0 Å². The minimum absolute atomic E-state index is 0.820. The molecular weight excluding hydrogens is 122 g/mol. The Labute approximate surface area is 40.3 Å². The summed E-state index contributed by atoms with van der Waals surface area (Å²) in [5, 5.41) is 0. The van der Waals surface area contributed by atoms with E-state index in [2.05, 4.69) is 0 Å². The zero-order chi connectivity index (χ0) is 6.08. The summed E-state index contributed by atoms with van der Waals surface area (Å²) in [6, 6.07) is 0. The standard InChI is InChI=1S/C2H6FO3P/c1-2(3)7(4,5)6/h2H,1H3,(H2,4,5,6). The summed E-state index contributed by atoms with van der Waals surface area (Å²) in [4.78, 5) is 15.7. The van der Waals surface area contributed by atoms with Crippen molar-refractivity contribution < 1.29 is 18.7 Å². The molecule has 7 heavy (non-hydrogen) atoms. The molecule has 0 aromatic carbocycles. The average molecular weight is 128 g/mol. The molecule has 1 unspecified atom stereocenters. The van der Waals surface area contributed by atoms with Crippen LogP contribution >= 0.6 is 7.60 Å². The predicted molar refractivity (Wildman–Crippen MR) is 22.6 cm³/mol. The highest BCUT2D eigenvalue weighted by molar-refractivity contribution is 7.52. The first-order valence-electron chi connectivity index (χ1n) is 1.64. The minimum atomic E-state index is -4.40. The van der Waals surface area contributed by atoms with Crippen molar-refractivity contribution in [2.24, 2.45) is 0 Å². The second-order valence-electron chi connectivity index (χ2n) is 1.16. The Morgan fingerprint density at radius 1 is 1.71 bits per heavy atom. The highest BCUT2D eigenvalue weighted by atomic mass is 31.2. The monoisotopic (exact) mass is 128 g/mol. The molecule has 0 rings (SSSR count). The van der Waals surface area contributed by atoms with Crippen molar-refractivity contribution in [3.05, 3.63) is 0 Å². The van der Waals surface area contributed by atoms with Crippen LogP contribution in [0, 0.1) is 0 Å². The van der Waals surface area contributed by atoms with Crippen LogP contribution in [0.2, 0.25) is 0 Å². The summed E-state index contributed by atoms with van der Waals surface area (Å²) in [5.41, 5.74) is 0. The summed E-state index contributed by atoms with van der Waals surface area (Å²) < 4.78 is 21.1. The van der Waals surface area contributed by atoms with Crippen molar-refractivity contribution in [3.63, 3.8) is 0 Å². The van der Waals surface area contributed by atoms with Gasteiger partial charge < -0.3 is 9.79 Å². The first kappa shape index (κ1) is 7.08. The Hall–Kier alpha value is 0.0800. The molecule has 0 aliphatic rings. The van der Waals surface area contributed by atoms with E-state index in [4.69, 9.17) is 9.79 Å². The van der Waals surface area contributed by atoms with E-state index >= 15 is 0 Å². The van der Waals surface area contributed by atoms with Gasteiger partial charge in [-0.1, -0.05) is 0 Å². The van der Waals surface area contributed by atoms with Crippen LogP contribution in [0.1, 0.15) is 6.92 Å². The molecule has 0 saturated carbocycles. The quantitative estimate of drug-likeness (QED) is 0.505. The average Bonchev–Trinajstić information content (AvgIpc) is 1.31. The molecule has 0 saturated heterocycles. The highest BCUT2D eigenvalue weighted by Crippen LogP contribution is 2.41. The van der Waals surface area contributed by atoms with Gasteiger partial charge >= 0.3 is 7.60 Å². The van der Waals surface area contributed by atoms with Crippen molar-refractivity contribution >= 4 is 7.60 Å². The molecule has 44 valence electrons. The molecule has 2 N–H and O–H groups in total. The molecule has 1 atom stereocenters. The van der Waals surface area contributed by atoms with Gasteiger partial charge in [0.1, 0.15) is 0 Å². The SMILES string of the molecule is CC(F)P(=O)(O)O. The number of halogens is 1. The molecule has 5 heteroatoms. The van der Waals surface area contributed by atoms with Crippen LogP contribution in [-0.4, -0.2) is 15.7 Å². The van der Waals surface area contributed by atoms with E-state index in [1.807, 2.05) is 0 Å². The maximum atomic E-state index is 11.4. The molecule has 0 aromatic rings. The lowest BCUT2D eigenvalue weighted by molar-refractivity contribution is 0.310. The van der Waals surface area contributed by atoms with Crippen LogP contribution in [0.15, 0.2) is 0 Å². The number of hydrogen-bond donors (Lipinski definition) is 2. The number of rotatable bonds is 1. The summed E-state index contributed by atoms with van der Waals surface area (Å²) in [7, 11) is -4.40. The van der Waals surface area contributed by atoms with Crippen molar-refractivity contribution in [1.82, 2.24) is 0 Å². The smallest absolute Gasteiger partial charge is 0.322 e. The maximum Gasteiger partial charge on any atom is 0.359 e. The van der Waals surface area contributed by atoms with Gasteiger partial charge in [-0.25, -0.2) is 4.39 Å². The van der Waals surface area contributed by atoms with Gasteiger partial charge in [0.25, 0.3) is 0 Å². The summed E-state index contributed by atoms with van der Waals surface area (Å²) >= 11 is 0. The fraction of sp³-hybridized carbons (Fsp3) is 1.00. The molecule has 0 heterocycles. The molecule has 0 spiro atoms. The highest BCUT2D eigenvalue weighted by Gasteiger charge is 2.22. The Bertz CT molecular complexity index is 95.1. The lowest BCUT2D eigenvalue weighted by Crippen LogP contribution is -1.91. The molecule has 0 aliphatic heterocycles. The molecule has 0 aromatic heterocycles. The Morgan fingerprint density at radius 2 is 1.86 bits per heavy atom. The second-order valence-corrected chi connectivity index (χ2v) is 3.05. The van der Waals surface area contributed by atoms with Gasteiger partial charge in [0.2, 0.25) is 0 Å². The molecule has 0 aliphatic carbocycles. The lowest BCUT2D eigenvalue weighted by atomic mass is 10.9. The van der Waals surface area contributed by atoms with E-state index in [-0.39, 0.29) is 0 Å². The molecule has 0 amide bonds. The fourth-order valence-electron chi connectivity index (χ4n) is 0. The van der Waals surface area contributed by atoms with E-state index in [1.54, 1.807) is 0 Å². The number of hydrogen-bond acceptors (Lipinski definition) is 1. The largest absolute Gasteiger partial charge is 0.359 e. The third kappa shape index (κ3) is 2.74. The van der Waals surface area contributed by atoms with Crippen molar-refractivity contribution in [2.45, 2.75) is 12.8 Å². The van der Waals surface area contributed by atoms with Crippen LogP contribution in [0.3, 0.4) is 0 Å². The van der Waals surface area contributed by atoms with Crippen LogP contribution in [0.4, 0.5) is 4.39 Å². The fourth-order valence-corrected chi connectivity index (χ4v) is 0. The van der Waals surface area contributed by atoms with Gasteiger partial charge in [-0.05, 0) is 6.92 Å². The first-order valence-corrected chi connectivity index (χ1v) is 3.32. The third-order valence-corrected chi connectivity index (χ3v) is 1.39. The van der Waals surface area contributed by atoms with E-state index in [9.17, 15) is 8.96 Å². The first-order chi connectivity index (χ1) is 2.94. The Morgan fingerprint density at radius 3 is 1.86 bits per heavy atom. The zero-order valence-electron chi connectivity index (χ0n) is 3.71.